The van der Waals surface area contributed by atoms with Crippen molar-refractivity contribution in [3.8, 4) is 5.75 Å². The van der Waals surface area contributed by atoms with Crippen molar-refractivity contribution in [2.24, 2.45) is 15.3 Å². The second kappa shape index (κ2) is 11.0. The van der Waals surface area contributed by atoms with Crippen molar-refractivity contribution in [3.63, 3.8) is 0 Å². The van der Waals surface area contributed by atoms with Gasteiger partial charge in [-0.1, -0.05) is 30.3 Å². The summed E-state index contributed by atoms with van der Waals surface area (Å²) < 4.78 is 28.0. The zero-order valence-electron chi connectivity index (χ0n) is 19.2. The predicted molar refractivity (Wildman–Crippen MR) is 133 cm³/mol. The second-order valence-electron chi connectivity index (χ2n) is 7.45. The SMILES string of the molecule is CC1=NN(c2ccccc2)C(=O)C1N=Nc1cc(S(=O)(=O)Nc2ccccc2C(=O)O)ccc1O.[Na]. The van der Waals surface area contributed by atoms with E-state index in [1.54, 1.807) is 37.3 Å². The van der Waals surface area contributed by atoms with Gasteiger partial charge in [0.05, 0.1) is 27.5 Å². The Balaban J connectivity index is 0.00000361. The minimum Gasteiger partial charge on any atom is -0.506 e. The topological polar surface area (TPSA) is 161 Å². The third-order valence-electron chi connectivity index (χ3n) is 5.04. The summed E-state index contributed by atoms with van der Waals surface area (Å²) in [6, 6.07) is 16.5. The Morgan fingerprint density at radius 3 is 2.42 bits per heavy atom. The van der Waals surface area contributed by atoms with Gasteiger partial charge in [0.15, 0.2) is 6.04 Å². The van der Waals surface area contributed by atoms with Crippen molar-refractivity contribution < 1.29 is 28.2 Å². The quantitative estimate of drug-likeness (QED) is 0.322. The van der Waals surface area contributed by atoms with Crippen LogP contribution < -0.4 is 9.73 Å². The number of aromatic hydroxyl groups is 1. The molecular formula is C23H19N5NaO6S. The number of nitrogens with one attached hydrogen (secondary N) is 1. The summed E-state index contributed by atoms with van der Waals surface area (Å²) in [7, 11) is -4.24. The average Bonchev–Trinajstić information content (AvgIpc) is 3.12. The molecule has 13 heteroatoms. The molecular weight excluding hydrogens is 497 g/mol. The van der Waals surface area contributed by atoms with E-state index in [4.69, 9.17) is 0 Å². The zero-order chi connectivity index (χ0) is 25.2. The largest absolute Gasteiger partial charge is 0.506 e. The van der Waals surface area contributed by atoms with Gasteiger partial charge in [0, 0.05) is 29.6 Å². The molecule has 1 radical (unpaired) electrons. The first kappa shape index (κ1) is 27.0. The summed E-state index contributed by atoms with van der Waals surface area (Å²) in [4.78, 5) is 23.9. The van der Waals surface area contributed by atoms with Crippen molar-refractivity contribution in [1.29, 1.82) is 0 Å². The fourth-order valence-electron chi connectivity index (χ4n) is 3.28. The molecule has 1 atom stereocenters. The van der Waals surface area contributed by atoms with Crippen LogP contribution in [-0.2, 0) is 14.8 Å². The van der Waals surface area contributed by atoms with Crippen molar-refractivity contribution >= 4 is 74.2 Å². The van der Waals surface area contributed by atoms with E-state index >= 15 is 0 Å². The van der Waals surface area contributed by atoms with Crippen molar-refractivity contribution in [2.75, 3.05) is 9.73 Å². The van der Waals surface area contributed by atoms with Gasteiger partial charge in [-0.05, 0) is 49.4 Å². The molecule has 36 heavy (non-hydrogen) atoms. The van der Waals surface area contributed by atoms with Gasteiger partial charge < -0.3 is 10.2 Å². The molecule has 1 amide bonds. The zero-order valence-corrected chi connectivity index (χ0v) is 22.0. The van der Waals surface area contributed by atoms with Crippen molar-refractivity contribution in [2.45, 2.75) is 17.9 Å². The van der Waals surface area contributed by atoms with Gasteiger partial charge >= 0.3 is 5.97 Å². The fraction of sp³-hybridized carbons (Fsp3) is 0.0870. The Bertz CT molecular complexity index is 1480. The van der Waals surface area contributed by atoms with Gasteiger partial charge in [0.1, 0.15) is 11.4 Å². The smallest absolute Gasteiger partial charge is 0.337 e. The van der Waals surface area contributed by atoms with Gasteiger partial charge in [-0.3, -0.25) is 9.52 Å². The minimum atomic E-state index is -4.24. The Kier molecular flexibility index (Phi) is 8.25. The summed E-state index contributed by atoms with van der Waals surface area (Å²) in [6.45, 7) is 1.61. The number of hydrogen-bond acceptors (Lipinski definition) is 8. The van der Waals surface area contributed by atoms with E-state index in [-0.39, 0.29) is 57.1 Å². The summed E-state index contributed by atoms with van der Waals surface area (Å²) in [5.74, 6) is -2.11. The number of para-hydroxylation sites is 2. The van der Waals surface area contributed by atoms with Crippen LogP contribution in [0.3, 0.4) is 0 Å². The number of sulfonamides is 1. The number of benzene rings is 3. The van der Waals surface area contributed by atoms with Crippen LogP contribution in [0.25, 0.3) is 0 Å². The predicted octanol–water partition coefficient (Wildman–Crippen LogP) is 3.39. The van der Waals surface area contributed by atoms with E-state index in [0.717, 1.165) is 18.2 Å². The van der Waals surface area contributed by atoms with Crippen LogP contribution >= 0.6 is 0 Å². The molecule has 0 spiro atoms. The van der Waals surface area contributed by atoms with Crippen LogP contribution in [0.4, 0.5) is 17.1 Å². The van der Waals surface area contributed by atoms with Gasteiger partial charge in [-0.15, -0.1) is 0 Å². The maximum atomic E-state index is 12.9. The average molecular weight is 516 g/mol. The number of carbonyl (C=O) groups excluding carboxylic acids is 1. The number of hydrazone groups is 1. The number of anilines is 2. The van der Waals surface area contributed by atoms with Gasteiger partial charge in [-0.2, -0.15) is 20.3 Å². The van der Waals surface area contributed by atoms with Crippen LogP contribution in [0.2, 0.25) is 0 Å². The first-order chi connectivity index (χ1) is 16.7. The van der Waals surface area contributed by atoms with E-state index < -0.39 is 27.9 Å². The molecule has 179 valence electrons. The number of hydrogen-bond donors (Lipinski definition) is 3. The number of rotatable bonds is 7. The molecule has 0 bridgehead atoms. The summed E-state index contributed by atoms with van der Waals surface area (Å²) >= 11 is 0. The van der Waals surface area contributed by atoms with Crippen LogP contribution in [0.5, 0.6) is 5.75 Å². The van der Waals surface area contributed by atoms with E-state index in [1.807, 2.05) is 0 Å². The van der Waals surface area contributed by atoms with E-state index in [1.165, 1.54) is 29.3 Å². The molecule has 4 rings (SSSR count). The molecule has 3 aromatic rings. The number of carboxylic acid groups (broad SMARTS) is 1. The van der Waals surface area contributed by atoms with Gasteiger partial charge in [-0.25, -0.2) is 13.2 Å². The van der Waals surface area contributed by atoms with E-state index in [0.29, 0.717) is 11.4 Å². The van der Waals surface area contributed by atoms with Crippen molar-refractivity contribution in [3.05, 3.63) is 78.4 Å². The minimum absolute atomic E-state index is 0. The molecule has 11 nitrogen and oxygen atoms in total. The number of aromatic carboxylic acids is 1. The number of amides is 1. The fourth-order valence-corrected chi connectivity index (χ4v) is 4.38. The molecule has 1 unspecified atom stereocenters. The maximum absolute atomic E-state index is 12.9. The molecule has 3 N–H and O–H groups in total. The number of nitrogens with zero attached hydrogens (tertiary/aromatic N) is 4. The summed E-state index contributed by atoms with van der Waals surface area (Å²) in [6.07, 6.45) is 0. The summed E-state index contributed by atoms with van der Waals surface area (Å²) in [5.41, 5.74) is 0.377. The number of carbonyl (C=O) groups is 2. The Morgan fingerprint density at radius 1 is 1.06 bits per heavy atom. The number of azo groups is 1. The number of phenolic OH excluding ortho intramolecular Hbond substituents is 1. The summed E-state index contributed by atoms with van der Waals surface area (Å²) in [5, 5.41) is 32.8. The molecule has 0 aromatic heterocycles. The Hall–Kier alpha value is -3.58. The molecule has 0 aliphatic carbocycles. The molecule has 1 aliphatic heterocycles. The van der Waals surface area contributed by atoms with Gasteiger partial charge in [0.25, 0.3) is 15.9 Å². The molecule has 1 heterocycles. The third-order valence-corrected chi connectivity index (χ3v) is 6.40. The normalized spacial score (nSPS) is 15.5. The Morgan fingerprint density at radius 2 is 1.72 bits per heavy atom. The third kappa shape index (κ3) is 5.62. The molecule has 0 fully saturated rings. The monoisotopic (exact) mass is 516 g/mol. The molecule has 1 aliphatic rings. The molecule has 0 saturated heterocycles. The first-order valence-electron chi connectivity index (χ1n) is 10.2. The molecule has 0 saturated carbocycles. The molecule has 3 aromatic carbocycles. The van der Waals surface area contributed by atoms with Gasteiger partial charge in [0.2, 0.25) is 0 Å². The maximum Gasteiger partial charge on any atom is 0.337 e. The van der Waals surface area contributed by atoms with E-state index in [2.05, 4.69) is 20.1 Å². The van der Waals surface area contributed by atoms with Crippen LogP contribution in [0.1, 0.15) is 17.3 Å². The van der Waals surface area contributed by atoms with Crippen LogP contribution in [-0.4, -0.2) is 71.8 Å². The van der Waals surface area contributed by atoms with Crippen LogP contribution in [0, 0.1) is 0 Å². The standard InChI is InChI=1S/C23H19N5O6S.Na/c1-14-21(22(30)28(26-14)15-7-3-2-4-8-15)25-24-19-13-16(11-12-20(19)29)35(33,34)27-18-10-6-5-9-17(18)23(31)32;/h2-13,21,27,29H,1H3,(H,31,32);. The number of carboxylic acids is 1. The second-order valence-corrected chi connectivity index (χ2v) is 9.13. The first-order valence-corrected chi connectivity index (χ1v) is 11.7. The number of phenols is 1. The van der Waals surface area contributed by atoms with E-state index in [9.17, 15) is 28.2 Å². The Labute approximate surface area is 228 Å². The van der Waals surface area contributed by atoms with Crippen molar-refractivity contribution in [1.82, 2.24) is 0 Å². The van der Waals surface area contributed by atoms with Crippen LogP contribution in [0.15, 0.2) is 93.0 Å².